The predicted octanol–water partition coefficient (Wildman–Crippen LogP) is -0.496. The smallest absolute Gasteiger partial charge is 0.225 e. The molecule has 1 unspecified atom stereocenters. The molecule has 1 fully saturated rings. The van der Waals surface area contributed by atoms with Gasteiger partial charge in [-0.2, -0.15) is 0 Å². The Kier molecular flexibility index (Phi) is 8.62. The van der Waals surface area contributed by atoms with Gasteiger partial charge in [0.05, 0.1) is 5.75 Å². The van der Waals surface area contributed by atoms with E-state index in [0.717, 1.165) is 0 Å². The van der Waals surface area contributed by atoms with E-state index in [0.29, 0.717) is 57.5 Å². The maximum atomic E-state index is 12.5. The summed E-state index contributed by atoms with van der Waals surface area (Å²) in [5, 5.41) is 6.26. The number of hydrogen-bond acceptors (Lipinski definition) is 7. The van der Waals surface area contributed by atoms with Crippen molar-refractivity contribution >= 4 is 27.7 Å². The second-order valence-electron chi connectivity index (χ2n) is 7.13. The molecule has 0 radical (unpaired) electrons. The van der Waals surface area contributed by atoms with E-state index in [-0.39, 0.29) is 17.7 Å². The van der Waals surface area contributed by atoms with Crippen molar-refractivity contribution in [3.05, 3.63) is 18.5 Å². The average molecular weight is 426 g/mol. The first kappa shape index (κ1) is 22.9. The molecule has 1 amide bonds. The van der Waals surface area contributed by atoms with Crippen molar-refractivity contribution in [1.82, 2.24) is 25.5 Å². The number of guanidine groups is 1. The van der Waals surface area contributed by atoms with Crippen molar-refractivity contribution in [2.24, 2.45) is 4.99 Å². The summed E-state index contributed by atoms with van der Waals surface area (Å²) in [6.07, 6.45) is 5.52. The van der Waals surface area contributed by atoms with Crippen LogP contribution in [0.1, 0.15) is 19.8 Å². The van der Waals surface area contributed by atoms with Gasteiger partial charge < -0.3 is 20.4 Å². The van der Waals surface area contributed by atoms with E-state index < -0.39 is 9.84 Å². The number of sulfone groups is 1. The first-order valence-corrected chi connectivity index (χ1v) is 11.8. The van der Waals surface area contributed by atoms with Crippen LogP contribution in [-0.4, -0.2) is 93.0 Å². The third-order valence-electron chi connectivity index (χ3n) is 4.63. The number of aliphatic imine (C=N–C) groups is 1. The lowest BCUT2D eigenvalue weighted by atomic mass is 10.2. The Morgan fingerprint density at radius 1 is 1.24 bits per heavy atom. The van der Waals surface area contributed by atoms with Gasteiger partial charge in [0.2, 0.25) is 11.9 Å². The molecule has 0 aromatic carbocycles. The highest BCUT2D eigenvalue weighted by atomic mass is 32.2. The minimum Gasteiger partial charge on any atom is -0.356 e. The number of carbonyl (C=O) groups excluding carboxylic acids is 1. The molecule has 2 N–H and O–H groups in total. The zero-order valence-corrected chi connectivity index (χ0v) is 18.2. The fraction of sp³-hybridized carbons (Fsp3) is 0.667. The Labute approximate surface area is 172 Å². The first-order valence-electron chi connectivity index (χ1n) is 9.73. The molecule has 10 nitrogen and oxygen atoms in total. The maximum absolute atomic E-state index is 12.5. The second-order valence-corrected chi connectivity index (χ2v) is 9.39. The molecule has 0 aliphatic carbocycles. The highest BCUT2D eigenvalue weighted by molar-refractivity contribution is 7.90. The molecule has 29 heavy (non-hydrogen) atoms. The van der Waals surface area contributed by atoms with Crippen molar-refractivity contribution in [2.75, 3.05) is 56.7 Å². The zero-order chi connectivity index (χ0) is 21.3. The number of hydrogen-bond donors (Lipinski definition) is 2. The molecule has 1 aromatic rings. The normalized spacial score (nSPS) is 16.4. The third kappa shape index (κ3) is 8.22. The summed E-state index contributed by atoms with van der Waals surface area (Å²) >= 11 is 0. The highest BCUT2D eigenvalue weighted by Gasteiger charge is 2.22. The molecule has 1 atom stereocenters. The zero-order valence-electron chi connectivity index (χ0n) is 17.3. The summed E-state index contributed by atoms with van der Waals surface area (Å²) in [5.41, 5.74) is 0. The van der Waals surface area contributed by atoms with Gasteiger partial charge in [0.15, 0.2) is 5.96 Å². The van der Waals surface area contributed by atoms with Gasteiger partial charge >= 0.3 is 0 Å². The molecule has 11 heteroatoms. The van der Waals surface area contributed by atoms with Crippen molar-refractivity contribution in [3.63, 3.8) is 0 Å². The monoisotopic (exact) mass is 425 g/mol. The Bertz CT molecular complexity index is 778. The van der Waals surface area contributed by atoms with Crippen LogP contribution in [0.2, 0.25) is 0 Å². The van der Waals surface area contributed by atoms with E-state index in [9.17, 15) is 13.2 Å². The highest BCUT2D eigenvalue weighted by Crippen LogP contribution is 2.10. The van der Waals surface area contributed by atoms with E-state index >= 15 is 0 Å². The van der Waals surface area contributed by atoms with Crippen molar-refractivity contribution in [3.8, 4) is 0 Å². The Morgan fingerprint density at radius 3 is 2.48 bits per heavy atom. The van der Waals surface area contributed by atoms with Crippen LogP contribution in [-0.2, 0) is 14.6 Å². The third-order valence-corrected chi connectivity index (χ3v) is 5.60. The van der Waals surface area contributed by atoms with Crippen LogP contribution in [0.4, 0.5) is 5.95 Å². The van der Waals surface area contributed by atoms with Gasteiger partial charge in [-0.25, -0.2) is 18.4 Å². The summed E-state index contributed by atoms with van der Waals surface area (Å²) in [6.45, 7) is 5.08. The number of amides is 1. The topological polar surface area (TPSA) is 120 Å². The molecule has 1 aromatic heterocycles. The van der Waals surface area contributed by atoms with Gasteiger partial charge in [-0.15, -0.1) is 0 Å². The number of carbonyl (C=O) groups is 1. The Balaban J connectivity index is 1.68. The lowest BCUT2D eigenvalue weighted by Crippen LogP contribution is -2.50. The molecule has 0 saturated carbocycles. The van der Waals surface area contributed by atoms with E-state index in [1.165, 1.54) is 6.26 Å². The minimum absolute atomic E-state index is 0.0418. The largest absolute Gasteiger partial charge is 0.356 e. The van der Waals surface area contributed by atoms with Crippen molar-refractivity contribution in [1.29, 1.82) is 0 Å². The van der Waals surface area contributed by atoms with Crippen LogP contribution < -0.4 is 15.5 Å². The van der Waals surface area contributed by atoms with E-state index in [1.54, 1.807) is 25.5 Å². The summed E-state index contributed by atoms with van der Waals surface area (Å²) in [4.78, 5) is 29.0. The molecule has 1 aliphatic heterocycles. The number of piperazine rings is 1. The number of nitrogens with zero attached hydrogens (tertiary/aromatic N) is 5. The van der Waals surface area contributed by atoms with Gasteiger partial charge in [-0.1, -0.05) is 0 Å². The first-order chi connectivity index (χ1) is 13.8. The molecular weight excluding hydrogens is 394 g/mol. The van der Waals surface area contributed by atoms with Crippen molar-refractivity contribution in [2.45, 2.75) is 25.8 Å². The fourth-order valence-corrected chi connectivity index (χ4v) is 3.73. The molecule has 2 rings (SSSR count). The number of aromatic nitrogens is 2. The van der Waals surface area contributed by atoms with Crippen LogP contribution in [0.5, 0.6) is 0 Å². The summed E-state index contributed by atoms with van der Waals surface area (Å²) in [6, 6.07) is 1.74. The van der Waals surface area contributed by atoms with Crippen molar-refractivity contribution < 1.29 is 13.2 Å². The molecule has 0 bridgehead atoms. The van der Waals surface area contributed by atoms with Crippen LogP contribution >= 0.6 is 0 Å². The van der Waals surface area contributed by atoms with E-state index in [1.807, 2.05) is 11.8 Å². The molecule has 0 spiro atoms. The lowest BCUT2D eigenvalue weighted by Gasteiger charge is -2.34. The van der Waals surface area contributed by atoms with Crippen LogP contribution in [0.15, 0.2) is 23.5 Å². The lowest BCUT2D eigenvalue weighted by molar-refractivity contribution is -0.131. The van der Waals surface area contributed by atoms with Crippen LogP contribution in [0, 0.1) is 0 Å². The van der Waals surface area contributed by atoms with Crippen LogP contribution in [0.25, 0.3) is 0 Å². The average Bonchev–Trinajstić information content (AvgIpc) is 2.71. The van der Waals surface area contributed by atoms with E-state index in [4.69, 9.17) is 0 Å². The second kappa shape index (κ2) is 10.9. The van der Waals surface area contributed by atoms with Gasteiger partial charge in [0.25, 0.3) is 0 Å². The quantitative estimate of drug-likeness (QED) is 0.423. The predicted molar refractivity (Wildman–Crippen MR) is 114 cm³/mol. The van der Waals surface area contributed by atoms with Crippen LogP contribution in [0.3, 0.4) is 0 Å². The standard InChI is InChI=1S/C18H31N7O3S/c1-15(6-14-29(3,27)28)23-17(19-2)20-9-5-16(26)24-10-12-25(13-11-24)18-21-7-4-8-22-18/h4,7-8,15H,5-6,9-14H2,1-3H3,(H2,19,20,23). The summed E-state index contributed by atoms with van der Waals surface area (Å²) in [7, 11) is -1.34. The summed E-state index contributed by atoms with van der Waals surface area (Å²) < 4.78 is 22.5. The van der Waals surface area contributed by atoms with E-state index in [2.05, 4.69) is 30.5 Å². The fourth-order valence-electron chi connectivity index (χ4n) is 2.95. The SMILES string of the molecule is CN=C(NCCC(=O)N1CCN(c2ncccn2)CC1)NC(C)CCS(C)(=O)=O. The Morgan fingerprint density at radius 2 is 1.90 bits per heavy atom. The molecule has 1 aliphatic rings. The Hall–Kier alpha value is -2.43. The molecular formula is C18H31N7O3S. The van der Waals surface area contributed by atoms with Gasteiger partial charge in [-0.05, 0) is 19.4 Å². The molecule has 2 heterocycles. The maximum Gasteiger partial charge on any atom is 0.225 e. The minimum atomic E-state index is -2.99. The molecule has 162 valence electrons. The summed E-state index contributed by atoms with van der Waals surface area (Å²) in [5.74, 6) is 1.47. The number of nitrogens with one attached hydrogen (secondary N) is 2. The number of anilines is 1. The van der Waals surface area contributed by atoms with Gasteiger partial charge in [-0.3, -0.25) is 9.79 Å². The number of rotatable bonds is 8. The van der Waals surface area contributed by atoms with Gasteiger partial charge in [0.1, 0.15) is 9.84 Å². The molecule has 1 saturated heterocycles. The van der Waals surface area contributed by atoms with Gasteiger partial charge in [0, 0.05) is 70.9 Å².